The van der Waals surface area contributed by atoms with Crippen molar-refractivity contribution in [2.75, 3.05) is 0 Å². The van der Waals surface area contributed by atoms with Gasteiger partial charge in [0.15, 0.2) is 0 Å². The van der Waals surface area contributed by atoms with E-state index < -0.39 is 17.6 Å². The van der Waals surface area contributed by atoms with Crippen LogP contribution in [0, 0.1) is 18.6 Å². The zero-order valence-corrected chi connectivity index (χ0v) is 12.5. The standard InChI is InChI=1S/C17H11F2N3O2/c1-9-20-7-11(8-21-9)15-4-10(17(23)24)5-16(22-15)13-3-2-12(18)6-14(13)19/h2-8H,1H3,(H,23,24). The van der Waals surface area contributed by atoms with Crippen molar-refractivity contribution in [2.24, 2.45) is 0 Å². The maximum atomic E-state index is 14.0. The Bertz CT molecular complexity index is 928. The minimum Gasteiger partial charge on any atom is -0.478 e. The second-order valence-electron chi connectivity index (χ2n) is 5.07. The SMILES string of the molecule is Cc1ncc(-c2cc(C(=O)O)cc(-c3ccc(F)cc3F)n2)cn1. The van der Waals surface area contributed by atoms with E-state index in [9.17, 15) is 18.7 Å². The largest absolute Gasteiger partial charge is 0.478 e. The van der Waals surface area contributed by atoms with Crippen LogP contribution in [-0.2, 0) is 0 Å². The molecular weight excluding hydrogens is 316 g/mol. The number of aromatic nitrogens is 3. The Balaban J connectivity index is 2.19. The molecule has 1 aromatic carbocycles. The van der Waals surface area contributed by atoms with Crippen LogP contribution in [0.1, 0.15) is 16.2 Å². The maximum absolute atomic E-state index is 14.0. The molecule has 2 heterocycles. The first-order valence-corrected chi connectivity index (χ1v) is 6.94. The highest BCUT2D eigenvalue weighted by molar-refractivity contribution is 5.90. The molecule has 0 amide bonds. The van der Waals surface area contributed by atoms with Crippen molar-refractivity contribution < 1.29 is 18.7 Å². The Hall–Kier alpha value is -3.22. The predicted octanol–water partition coefficient (Wildman–Crippen LogP) is 3.49. The number of halogens is 2. The van der Waals surface area contributed by atoms with Gasteiger partial charge in [-0.25, -0.2) is 28.5 Å². The summed E-state index contributed by atoms with van der Waals surface area (Å²) in [6.07, 6.45) is 3.00. The summed E-state index contributed by atoms with van der Waals surface area (Å²) < 4.78 is 27.1. The smallest absolute Gasteiger partial charge is 0.335 e. The summed E-state index contributed by atoms with van der Waals surface area (Å²) >= 11 is 0. The van der Waals surface area contributed by atoms with Gasteiger partial charge in [0.05, 0.1) is 17.0 Å². The lowest BCUT2D eigenvalue weighted by Crippen LogP contribution is -2.01. The zero-order chi connectivity index (χ0) is 17.3. The highest BCUT2D eigenvalue weighted by Gasteiger charge is 2.14. The molecule has 0 aliphatic rings. The normalized spacial score (nSPS) is 10.6. The number of carboxylic acids is 1. The molecule has 0 aliphatic heterocycles. The van der Waals surface area contributed by atoms with E-state index in [-0.39, 0.29) is 22.5 Å². The van der Waals surface area contributed by atoms with Gasteiger partial charge in [-0.1, -0.05) is 0 Å². The molecule has 0 atom stereocenters. The van der Waals surface area contributed by atoms with Crippen LogP contribution in [0.5, 0.6) is 0 Å². The van der Waals surface area contributed by atoms with Crippen LogP contribution in [0.15, 0.2) is 42.7 Å². The van der Waals surface area contributed by atoms with E-state index in [0.717, 1.165) is 12.1 Å². The molecule has 7 heteroatoms. The third kappa shape index (κ3) is 3.10. The van der Waals surface area contributed by atoms with E-state index in [4.69, 9.17) is 0 Å². The van der Waals surface area contributed by atoms with Crippen LogP contribution in [0.2, 0.25) is 0 Å². The highest BCUT2D eigenvalue weighted by atomic mass is 19.1. The van der Waals surface area contributed by atoms with E-state index in [1.165, 1.54) is 30.6 Å². The summed E-state index contributed by atoms with van der Waals surface area (Å²) in [5, 5.41) is 9.27. The summed E-state index contributed by atoms with van der Waals surface area (Å²) in [4.78, 5) is 23.7. The summed E-state index contributed by atoms with van der Waals surface area (Å²) in [5.41, 5.74) is 0.803. The number of aromatic carboxylic acids is 1. The number of nitrogens with zero attached hydrogens (tertiary/aromatic N) is 3. The lowest BCUT2D eigenvalue weighted by atomic mass is 10.1. The van der Waals surface area contributed by atoms with Gasteiger partial charge in [0.1, 0.15) is 17.5 Å². The molecule has 5 nitrogen and oxygen atoms in total. The Morgan fingerprint density at radius 1 is 1.04 bits per heavy atom. The summed E-state index contributed by atoms with van der Waals surface area (Å²) in [6.45, 7) is 1.71. The molecule has 0 spiro atoms. The average Bonchev–Trinajstić information content (AvgIpc) is 2.55. The Morgan fingerprint density at radius 2 is 1.71 bits per heavy atom. The van der Waals surface area contributed by atoms with Gasteiger partial charge in [-0.3, -0.25) is 0 Å². The van der Waals surface area contributed by atoms with Crippen LogP contribution >= 0.6 is 0 Å². The summed E-state index contributed by atoms with van der Waals surface area (Å²) in [6, 6.07) is 5.61. The van der Waals surface area contributed by atoms with Gasteiger partial charge in [-0.15, -0.1) is 0 Å². The van der Waals surface area contributed by atoms with Crippen molar-refractivity contribution >= 4 is 5.97 Å². The molecular formula is C17H11F2N3O2. The molecule has 24 heavy (non-hydrogen) atoms. The van der Waals surface area contributed by atoms with E-state index in [2.05, 4.69) is 15.0 Å². The molecule has 2 aromatic heterocycles. The number of hydrogen-bond donors (Lipinski definition) is 1. The number of hydrogen-bond acceptors (Lipinski definition) is 4. The minimum atomic E-state index is -1.18. The molecule has 0 saturated carbocycles. The number of pyridine rings is 1. The van der Waals surface area contributed by atoms with E-state index in [1.807, 2.05) is 0 Å². The number of carboxylic acid groups (broad SMARTS) is 1. The fraction of sp³-hybridized carbons (Fsp3) is 0.0588. The molecule has 0 saturated heterocycles. The first-order valence-electron chi connectivity index (χ1n) is 6.94. The first kappa shape index (κ1) is 15.7. The molecule has 0 aliphatic carbocycles. The quantitative estimate of drug-likeness (QED) is 0.797. The summed E-state index contributed by atoms with van der Waals surface area (Å²) in [7, 11) is 0. The molecule has 0 bridgehead atoms. The van der Waals surface area contributed by atoms with Gasteiger partial charge in [-0.05, 0) is 31.2 Å². The van der Waals surface area contributed by atoms with Crippen LogP contribution in [-0.4, -0.2) is 26.0 Å². The molecule has 3 rings (SSSR count). The van der Waals surface area contributed by atoms with Crippen molar-refractivity contribution in [3.63, 3.8) is 0 Å². The van der Waals surface area contributed by atoms with Gasteiger partial charge in [-0.2, -0.15) is 0 Å². The Kier molecular flexibility index (Phi) is 3.99. The minimum absolute atomic E-state index is 0.00813. The van der Waals surface area contributed by atoms with Crippen molar-refractivity contribution in [1.29, 1.82) is 0 Å². The maximum Gasteiger partial charge on any atom is 0.335 e. The molecule has 0 fully saturated rings. The topological polar surface area (TPSA) is 76.0 Å². The molecule has 120 valence electrons. The Labute approximate surface area is 135 Å². The predicted molar refractivity (Wildman–Crippen MR) is 82.3 cm³/mol. The molecule has 1 N–H and O–H groups in total. The number of rotatable bonds is 3. The van der Waals surface area contributed by atoms with Gasteiger partial charge < -0.3 is 5.11 Å². The molecule has 0 unspecified atom stereocenters. The van der Waals surface area contributed by atoms with Gasteiger partial charge in [0.25, 0.3) is 0 Å². The van der Waals surface area contributed by atoms with E-state index in [1.54, 1.807) is 6.92 Å². The van der Waals surface area contributed by atoms with Crippen LogP contribution in [0.4, 0.5) is 8.78 Å². The molecule has 0 radical (unpaired) electrons. The van der Waals surface area contributed by atoms with Crippen molar-refractivity contribution in [3.8, 4) is 22.5 Å². The van der Waals surface area contributed by atoms with Crippen LogP contribution < -0.4 is 0 Å². The van der Waals surface area contributed by atoms with Gasteiger partial charge in [0, 0.05) is 29.6 Å². The third-order valence-corrected chi connectivity index (χ3v) is 3.36. The third-order valence-electron chi connectivity index (χ3n) is 3.36. The van der Waals surface area contributed by atoms with Gasteiger partial charge in [0.2, 0.25) is 0 Å². The fourth-order valence-corrected chi connectivity index (χ4v) is 2.16. The lowest BCUT2D eigenvalue weighted by molar-refractivity contribution is 0.0697. The van der Waals surface area contributed by atoms with Crippen molar-refractivity contribution in [3.05, 3.63) is 65.7 Å². The van der Waals surface area contributed by atoms with Gasteiger partial charge >= 0.3 is 5.97 Å². The fourth-order valence-electron chi connectivity index (χ4n) is 2.16. The lowest BCUT2D eigenvalue weighted by Gasteiger charge is -2.08. The molecule has 3 aromatic rings. The zero-order valence-electron chi connectivity index (χ0n) is 12.5. The van der Waals surface area contributed by atoms with Crippen molar-refractivity contribution in [2.45, 2.75) is 6.92 Å². The average molecular weight is 327 g/mol. The number of aryl methyl sites for hydroxylation is 1. The highest BCUT2D eigenvalue weighted by Crippen LogP contribution is 2.26. The van der Waals surface area contributed by atoms with Crippen molar-refractivity contribution in [1.82, 2.24) is 15.0 Å². The summed E-state index contributed by atoms with van der Waals surface area (Å²) in [5.74, 6) is -2.18. The second-order valence-corrected chi connectivity index (χ2v) is 5.07. The first-order chi connectivity index (χ1) is 11.4. The Morgan fingerprint density at radius 3 is 2.33 bits per heavy atom. The monoisotopic (exact) mass is 327 g/mol. The number of benzene rings is 1. The van der Waals surface area contributed by atoms with Crippen LogP contribution in [0.25, 0.3) is 22.5 Å². The van der Waals surface area contributed by atoms with E-state index >= 15 is 0 Å². The number of carbonyl (C=O) groups is 1. The second kappa shape index (κ2) is 6.11. The van der Waals surface area contributed by atoms with Crippen LogP contribution in [0.3, 0.4) is 0 Å². The van der Waals surface area contributed by atoms with E-state index in [0.29, 0.717) is 11.4 Å².